The summed E-state index contributed by atoms with van der Waals surface area (Å²) in [5.74, 6) is 0.644. The quantitative estimate of drug-likeness (QED) is 0.762. The Labute approximate surface area is 95.2 Å². The fourth-order valence-electron chi connectivity index (χ4n) is 1.07. The van der Waals surface area contributed by atoms with E-state index in [9.17, 15) is 4.21 Å². The van der Waals surface area contributed by atoms with Crippen LogP contribution in [0.25, 0.3) is 0 Å². The molecule has 15 heavy (non-hydrogen) atoms. The van der Waals surface area contributed by atoms with Crippen molar-refractivity contribution in [1.29, 1.82) is 0 Å². The molecule has 0 radical (unpaired) electrons. The van der Waals surface area contributed by atoms with Gasteiger partial charge in [0.15, 0.2) is 5.82 Å². The van der Waals surface area contributed by atoms with Crippen molar-refractivity contribution < 1.29 is 4.21 Å². The second-order valence-electron chi connectivity index (χ2n) is 3.29. The van der Waals surface area contributed by atoms with Gasteiger partial charge in [0.2, 0.25) is 5.17 Å². The number of aliphatic imine (C=N–C) groups is 1. The number of nitrogens with one attached hydrogen (secondary N) is 1. The van der Waals surface area contributed by atoms with Crippen LogP contribution in [0.3, 0.4) is 0 Å². The molecule has 0 aliphatic carbocycles. The molecule has 2 heterocycles. The minimum Gasteiger partial charge on any atom is -0.302 e. The van der Waals surface area contributed by atoms with Gasteiger partial charge in [0.05, 0.1) is 15.7 Å². The molecule has 1 aromatic heterocycles. The Bertz CT molecular complexity index is 431. The van der Waals surface area contributed by atoms with Gasteiger partial charge in [-0.3, -0.25) is 4.21 Å². The summed E-state index contributed by atoms with van der Waals surface area (Å²) in [7, 11) is -1.09. The zero-order valence-electron chi connectivity index (χ0n) is 8.43. The van der Waals surface area contributed by atoms with Crippen molar-refractivity contribution >= 4 is 33.7 Å². The van der Waals surface area contributed by atoms with E-state index < -0.39 is 10.8 Å². The SMILES string of the molecule is CC(C)S(=O)C1=Nc2ncccc2SN1. The van der Waals surface area contributed by atoms with Crippen LogP contribution in [0.15, 0.2) is 28.2 Å². The Morgan fingerprint density at radius 1 is 1.53 bits per heavy atom. The lowest BCUT2D eigenvalue weighted by molar-refractivity contribution is 0.683. The summed E-state index contributed by atoms with van der Waals surface area (Å²) in [5, 5.41) is 0.559. The first-order valence-electron chi connectivity index (χ1n) is 4.55. The Morgan fingerprint density at radius 3 is 3.07 bits per heavy atom. The molecule has 2 rings (SSSR count). The molecular formula is C9H11N3OS2. The van der Waals surface area contributed by atoms with Crippen molar-refractivity contribution in [3.63, 3.8) is 0 Å². The lowest BCUT2D eigenvalue weighted by Crippen LogP contribution is -2.28. The molecule has 1 aliphatic heterocycles. The number of nitrogens with zero attached hydrogens (tertiary/aromatic N) is 2. The molecule has 0 aromatic carbocycles. The van der Waals surface area contributed by atoms with Crippen LogP contribution < -0.4 is 4.72 Å². The van der Waals surface area contributed by atoms with Gasteiger partial charge in [-0.2, -0.15) is 0 Å². The van der Waals surface area contributed by atoms with Crippen molar-refractivity contribution in [2.24, 2.45) is 4.99 Å². The Morgan fingerprint density at radius 2 is 2.33 bits per heavy atom. The number of hydrogen-bond donors (Lipinski definition) is 1. The van der Waals surface area contributed by atoms with Crippen LogP contribution in [0, 0.1) is 0 Å². The summed E-state index contributed by atoms with van der Waals surface area (Å²) < 4.78 is 14.8. The fourth-order valence-corrected chi connectivity index (χ4v) is 2.73. The number of pyridine rings is 1. The summed E-state index contributed by atoms with van der Waals surface area (Å²) in [6.45, 7) is 3.80. The first-order chi connectivity index (χ1) is 7.18. The van der Waals surface area contributed by atoms with Gasteiger partial charge < -0.3 is 4.72 Å². The molecule has 0 saturated carbocycles. The second-order valence-corrected chi connectivity index (χ2v) is 6.06. The Balaban J connectivity index is 2.33. The van der Waals surface area contributed by atoms with Crippen LogP contribution in [0.1, 0.15) is 13.8 Å². The molecular weight excluding hydrogens is 230 g/mol. The summed E-state index contributed by atoms with van der Waals surface area (Å²) in [4.78, 5) is 9.33. The van der Waals surface area contributed by atoms with E-state index in [2.05, 4.69) is 14.7 Å². The van der Waals surface area contributed by atoms with Gasteiger partial charge in [0.25, 0.3) is 0 Å². The van der Waals surface area contributed by atoms with Gasteiger partial charge in [-0.05, 0) is 24.1 Å². The molecule has 0 bridgehead atoms. The highest BCUT2D eigenvalue weighted by molar-refractivity contribution is 8.05. The van der Waals surface area contributed by atoms with Crippen molar-refractivity contribution in [2.45, 2.75) is 24.0 Å². The summed E-state index contributed by atoms with van der Waals surface area (Å²) >= 11 is 1.41. The highest BCUT2D eigenvalue weighted by atomic mass is 32.2. The monoisotopic (exact) mass is 241 g/mol. The minimum absolute atomic E-state index is 0.0575. The van der Waals surface area contributed by atoms with E-state index in [0.717, 1.165) is 4.90 Å². The third-order valence-electron chi connectivity index (χ3n) is 1.83. The van der Waals surface area contributed by atoms with Crippen molar-refractivity contribution in [3.05, 3.63) is 18.3 Å². The molecule has 1 aliphatic rings. The molecule has 80 valence electrons. The molecule has 6 heteroatoms. The summed E-state index contributed by atoms with van der Waals surface area (Å²) in [6.07, 6.45) is 1.68. The topological polar surface area (TPSA) is 54.4 Å². The maximum absolute atomic E-state index is 11.8. The van der Waals surface area contributed by atoms with E-state index in [-0.39, 0.29) is 5.25 Å². The van der Waals surface area contributed by atoms with E-state index in [4.69, 9.17) is 0 Å². The normalized spacial score (nSPS) is 16.6. The third-order valence-corrected chi connectivity index (χ3v) is 4.22. The maximum atomic E-state index is 11.8. The first-order valence-corrected chi connectivity index (χ1v) is 6.58. The molecule has 0 saturated heterocycles. The van der Waals surface area contributed by atoms with Crippen molar-refractivity contribution in [3.8, 4) is 0 Å². The summed E-state index contributed by atoms with van der Waals surface area (Å²) in [5.41, 5.74) is 0. The van der Waals surface area contributed by atoms with Crippen LogP contribution >= 0.6 is 11.9 Å². The zero-order valence-corrected chi connectivity index (χ0v) is 10.1. The van der Waals surface area contributed by atoms with E-state index in [1.165, 1.54) is 11.9 Å². The number of fused-ring (bicyclic) bond motifs is 1. The first kappa shape index (κ1) is 10.6. The predicted octanol–water partition coefficient (Wildman–Crippen LogP) is 1.84. The smallest absolute Gasteiger partial charge is 0.204 e. The molecule has 1 unspecified atom stereocenters. The average Bonchev–Trinajstić information content (AvgIpc) is 2.27. The van der Waals surface area contributed by atoms with E-state index >= 15 is 0 Å². The van der Waals surface area contributed by atoms with Crippen LogP contribution in [-0.4, -0.2) is 19.6 Å². The van der Waals surface area contributed by atoms with Gasteiger partial charge in [0.1, 0.15) is 0 Å². The fraction of sp³-hybridized carbons (Fsp3) is 0.333. The zero-order chi connectivity index (χ0) is 10.8. The molecule has 0 spiro atoms. The summed E-state index contributed by atoms with van der Waals surface area (Å²) in [6, 6.07) is 3.78. The van der Waals surface area contributed by atoms with E-state index in [0.29, 0.717) is 11.0 Å². The average molecular weight is 241 g/mol. The number of aromatic nitrogens is 1. The lowest BCUT2D eigenvalue weighted by atomic mass is 10.5. The van der Waals surface area contributed by atoms with Crippen LogP contribution in [0.4, 0.5) is 5.82 Å². The highest BCUT2D eigenvalue weighted by Gasteiger charge is 2.19. The number of hydrogen-bond acceptors (Lipinski definition) is 5. The van der Waals surface area contributed by atoms with Gasteiger partial charge in [-0.1, -0.05) is 13.8 Å². The van der Waals surface area contributed by atoms with Gasteiger partial charge in [-0.25, -0.2) is 9.98 Å². The van der Waals surface area contributed by atoms with Gasteiger partial charge in [0, 0.05) is 11.4 Å². The van der Waals surface area contributed by atoms with Crippen LogP contribution in [-0.2, 0) is 10.8 Å². The Hall–Kier alpha value is -0.880. The molecule has 1 N–H and O–H groups in total. The van der Waals surface area contributed by atoms with Gasteiger partial charge in [-0.15, -0.1) is 0 Å². The van der Waals surface area contributed by atoms with E-state index in [1.54, 1.807) is 6.20 Å². The third kappa shape index (κ3) is 2.21. The van der Waals surface area contributed by atoms with Crippen molar-refractivity contribution in [2.75, 3.05) is 0 Å². The van der Waals surface area contributed by atoms with E-state index in [1.807, 2.05) is 26.0 Å². The largest absolute Gasteiger partial charge is 0.302 e. The molecule has 0 fully saturated rings. The standard InChI is InChI=1S/C9H11N3OS2/c1-6(2)15(13)9-11-8-7(14-12-9)4-3-5-10-8/h3-6H,1-2H3,(H,10,11,12). The van der Waals surface area contributed by atoms with Crippen molar-refractivity contribution in [1.82, 2.24) is 9.71 Å². The number of rotatable bonds is 1. The molecule has 1 aromatic rings. The predicted molar refractivity (Wildman–Crippen MR) is 63.6 cm³/mol. The Kier molecular flexibility index (Phi) is 3.06. The minimum atomic E-state index is -1.09. The molecule has 4 nitrogen and oxygen atoms in total. The molecule has 1 atom stereocenters. The van der Waals surface area contributed by atoms with Crippen LogP contribution in [0.5, 0.6) is 0 Å². The maximum Gasteiger partial charge on any atom is 0.204 e. The highest BCUT2D eigenvalue weighted by Crippen LogP contribution is 2.29. The lowest BCUT2D eigenvalue weighted by Gasteiger charge is -2.15. The number of amidine groups is 1. The van der Waals surface area contributed by atoms with Gasteiger partial charge >= 0.3 is 0 Å². The molecule has 0 amide bonds. The van der Waals surface area contributed by atoms with Crippen LogP contribution in [0.2, 0.25) is 0 Å². The second kappa shape index (κ2) is 4.32.